The minimum absolute atomic E-state index is 0.215. The SMILES string of the molecule is CNC(=O)[C@@H](NC(=O)C1=CCN(C)CCC/C=C(\C)CC(c2cccs2)=N1)C(C)(C)C. The lowest BCUT2D eigenvalue weighted by Crippen LogP contribution is -2.53. The summed E-state index contributed by atoms with van der Waals surface area (Å²) < 4.78 is 0. The van der Waals surface area contributed by atoms with Gasteiger partial charge in [0.25, 0.3) is 5.91 Å². The number of amides is 2. The number of nitrogens with zero attached hydrogens (tertiary/aromatic N) is 2. The molecule has 0 aromatic carbocycles. The van der Waals surface area contributed by atoms with E-state index in [1.807, 2.05) is 51.4 Å². The highest BCUT2D eigenvalue weighted by Crippen LogP contribution is 2.22. The maximum absolute atomic E-state index is 13.3. The summed E-state index contributed by atoms with van der Waals surface area (Å²) in [6.45, 7) is 9.48. The molecule has 6 nitrogen and oxygen atoms in total. The van der Waals surface area contributed by atoms with Gasteiger partial charge in [-0.2, -0.15) is 0 Å². The molecule has 7 heteroatoms. The lowest BCUT2D eigenvalue weighted by Gasteiger charge is -2.30. The standard InChI is InChI=1S/C24H36N4O2S/c1-17-10-7-8-13-28(6)14-12-18(26-19(16-17)20-11-9-15-31-20)22(29)27-21(23(30)25-5)24(2,3)4/h9-12,15,21H,7-8,13-14,16H2,1-6H3,(H,25,30)(H,27,29)/b17-10+,18-12?,26-19?/t21-/m1/s1. The average molecular weight is 445 g/mol. The molecule has 2 heterocycles. The molecule has 0 radical (unpaired) electrons. The molecule has 2 rings (SSSR count). The van der Waals surface area contributed by atoms with E-state index in [-0.39, 0.29) is 11.8 Å². The Balaban J connectivity index is 2.45. The summed E-state index contributed by atoms with van der Waals surface area (Å²) in [5.41, 5.74) is 2.04. The number of allylic oxidation sites excluding steroid dienone is 2. The van der Waals surface area contributed by atoms with Crippen LogP contribution in [0.25, 0.3) is 0 Å². The van der Waals surface area contributed by atoms with E-state index in [2.05, 4.69) is 28.5 Å². The van der Waals surface area contributed by atoms with Crippen molar-refractivity contribution in [1.82, 2.24) is 15.5 Å². The third kappa shape index (κ3) is 7.74. The third-order valence-corrected chi connectivity index (χ3v) is 6.14. The molecule has 0 fully saturated rings. The molecular weight excluding hydrogens is 408 g/mol. The van der Waals surface area contributed by atoms with Gasteiger partial charge in [0.1, 0.15) is 11.7 Å². The van der Waals surface area contributed by atoms with Crippen LogP contribution in [0.15, 0.2) is 45.9 Å². The van der Waals surface area contributed by atoms with Crippen molar-refractivity contribution in [2.24, 2.45) is 10.4 Å². The van der Waals surface area contributed by atoms with Crippen LogP contribution in [0.2, 0.25) is 0 Å². The second kappa shape index (κ2) is 11.4. The molecule has 0 saturated heterocycles. The van der Waals surface area contributed by atoms with Crippen LogP contribution in [0.1, 0.15) is 51.8 Å². The lowest BCUT2D eigenvalue weighted by atomic mass is 9.86. The van der Waals surface area contributed by atoms with E-state index in [1.54, 1.807) is 18.4 Å². The van der Waals surface area contributed by atoms with Crippen molar-refractivity contribution >= 4 is 28.9 Å². The van der Waals surface area contributed by atoms with Gasteiger partial charge in [-0.1, -0.05) is 38.5 Å². The molecular formula is C24H36N4O2S. The van der Waals surface area contributed by atoms with E-state index in [0.717, 1.165) is 30.0 Å². The summed E-state index contributed by atoms with van der Waals surface area (Å²) in [6, 6.07) is 3.37. The van der Waals surface area contributed by atoms with Gasteiger partial charge in [-0.15, -0.1) is 11.3 Å². The molecule has 1 aliphatic heterocycles. The van der Waals surface area contributed by atoms with Crippen molar-refractivity contribution < 1.29 is 9.59 Å². The van der Waals surface area contributed by atoms with Gasteiger partial charge in [-0.05, 0) is 56.3 Å². The fourth-order valence-corrected chi connectivity index (χ4v) is 4.08. The molecule has 0 aliphatic carbocycles. The molecule has 1 aromatic rings. The third-order valence-electron chi connectivity index (χ3n) is 5.22. The molecule has 2 amide bonds. The molecule has 0 saturated carbocycles. The maximum Gasteiger partial charge on any atom is 0.270 e. The number of hydrogen-bond donors (Lipinski definition) is 2. The molecule has 31 heavy (non-hydrogen) atoms. The summed E-state index contributed by atoms with van der Waals surface area (Å²) in [7, 11) is 3.63. The topological polar surface area (TPSA) is 73.8 Å². The van der Waals surface area contributed by atoms with Gasteiger partial charge in [0.05, 0.1) is 5.71 Å². The predicted molar refractivity (Wildman–Crippen MR) is 129 cm³/mol. The van der Waals surface area contributed by atoms with Crippen LogP contribution < -0.4 is 10.6 Å². The Morgan fingerprint density at radius 1 is 1.26 bits per heavy atom. The van der Waals surface area contributed by atoms with Gasteiger partial charge >= 0.3 is 0 Å². The number of rotatable bonds is 4. The number of aliphatic imine (C=N–C) groups is 1. The summed E-state index contributed by atoms with van der Waals surface area (Å²) in [5.74, 6) is -0.544. The van der Waals surface area contributed by atoms with Crippen molar-refractivity contribution in [2.45, 2.75) is 53.0 Å². The van der Waals surface area contributed by atoms with Gasteiger partial charge < -0.3 is 15.5 Å². The van der Waals surface area contributed by atoms with Crippen molar-refractivity contribution in [3.8, 4) is 0 Å². The maximum atomic E-state index is 13.3. The zero-order chi connectivity index (χ0) is 23.0. The van der Waals surface area contributed by atoms with Gasteiger partial charge in [0, 0.05) is 24.9 Å². The predicted octanol–water partition coefficient (Wildman–Crippen LogP) is 3.76. The van der Waals surface area contributed by atoms with Crippen LogP contribution in [-0.2, 0) is 9.59 Å². The van der Waals surface area contributed by atoms with Crippen LogP contribution >= 0.6 is 11.3 Å². The van der Waals surface area contributed by atoms with Gasteiger partial charge in [-0.3, -0.25) is 9.59 Å². The Kier molecular flexibility index (Phi) is 9.19. The quantitative estimate of drug-likeness (QED) is 0.695. The lowest BCUT2D eigenvalue weighted by molar-refractivity contribution is -0.129. The molecule has 0 unspecified atom stereocenters. The van der Waals surface area contributed by atoms with E-state index >= 15 is 0 Å². The second-order valence-corrected chi connectivity index (χ2v) is 10.1. The highest BCUT2D eigenvalue weighted by Gasteiger charge is 2.33. The minimum atomic E-state index is -0.660. The molecule has 2 N–H and O–H groups in total. The van der Waals surface area contributed by atoms with E-state index < -0.39 is 11.5 Å². The summed E-state index contributed by atoms with van der Waals surface area (Å²) in [4.78, 5) is 33.8. The molecule has 0 spiro atoms. The Morgan fingerprint density at radius 2 is 2.00 bits per heavy atom. The average Bonchev–Trinajstić information content (AvgIpc) is 3.23. The van der Waals surface area contributed by atoms with Gasteiger partial charge in [0.15, 0.2) is 0 Å². The zero-order valence-corrected chi connectivity index (χ0v) is 20.4. The first-order valence-electron chi connectivity index (χ1n) is 10.8. The van der Waals surface area contributed by atoms with Crippen molar-refractivity contribution in [3.63, 3.8) is 0 Å². The summed E-state index contributed by atoms with van der Waals surface area (Å²) >= 11 is 1.62. The van der Waals surface area contributed by atoms with Crippen LogP contribution in [-0.4, -0.2) is 55.7 Å². The van der Waals surface area contributed by atoms with E-state index in [4.69, 9.17) is 4.99 Å². The van der Waals surface area contributed by atoms with Crippen molar-refractivity contribution in [2.75, 3.05) is 27.2 Å². The number of likely N-dealkylation sites (N-methyl/N-ethyl adjacent to an activating group) is 2. The molecule has 1 aromatic heterocycles. The largest absolute Gasteiger partial charge is 0.357 e. The van der Waals surface area contributed by atoms with Gasteiger partial charge in [-0.25, -0.2) is 4.99 Å². The Labute approximate surface area is 190 Å². The Hall–Kier alpha value is -2.25. The highest BCUT2D eigenvalue weighted by atomic mass is 32.1. The van der Waals surface area contributed by atoms with Crippen molar-refractivity contribution in [1.29, 1.82) is 0 Å². The van der Waals surface area contributed by atoms with Crippen LogP contribution in [0.5, 0.6) is 0 Å². The Morgan fingerprint density at radius 3 is 2.61 bits per heavy atom. The zero-order valence-electron chi connectivity index (χ0n) is 19.6. The number of thiophene rings is 1. The number of carbonyl (C=O) groups is 2. The van der Waals surface area contributed by atoms with Crippen LogP contribution in [0.3, 0.4) is 0 Å². The van der Waals surface area contributed by atoms with Crippen LogP contribution in [0.4, 0.5) is 0 Å². The first-order valence-corrected chi connectivity index (χ1v) is 11.7. The molecule has 170 valence electrons. The first-order chi connectivity index (χ1) is 14.6. The minimum Gasteiger partial charge on any atom is -0.357 e. The fraction of sp³-hybridized carbons (Fsp3) is 0.542. The van der Waals surface area contributed by atoms with Gasteiger partial charge in [0.2, 0.25) is 5.91 Å². The number of hydrogen-bond acceptors (Lipinski definition) is 5. The normalized spacial score (nSPS) is 19.6. The van der Waals surface area contributed by atoms with Crippen LogP contribution in [0, 0.1) is 5.41 Å². The highest BCUT2D eigenvalue weighted by molar-refractivity contribution is 7.12. The summed E-state index contributed by atoms with van der Waals surface area (Å²) in [6.07, 6.45) is 6.93. The fourth-order valence-electron chi connectivity index (χ4n) is 3.36. The molecule has 1 aliphatic rings. The van der Waals surface area contributed by atoms with Crippen molar-refractivity contribution in [3.05, 3.63) is 45.8 Å². The molecule has 0 bridgehead atoms. The summed E-state index contributed by atoms with van der Waals surface area (Å²) in [5, 5.41) is 7.60. The van der Waals surface area contributed by atoms with E-state index in [1.165, 1.54) is 5.57 Å². The van der Waals surface area contributed by atoms with E-state index in [9.17, 15) is 9.59 Å². The van der Waals surface area contributed by atoms with E-state index in [0.29, 0.717) is 18.7 Å². The molecule has 1 atom stereocenters. The second-order valence-electron chi connectivity index (χ2n) is 9.14. The number of carbonyl (C=O) groups excluding carboxylic acids is 2. The number of nitrogens with one attached hydrogen (secondary N) is 2. The smallest absolute Gasteiger partial charge is 0.270 e. The Bertz CT molecular complexity index is 847. The first kappa shape index (κ1) is 25.0. The monoisotopic (exact) mass is 444 g/mol.